The van der Waals surface area contributed by atoms with Gasteiger partial charge >= 0.3 is 0 Å². The second-order valence-corrected chi connectivity index (χ2v) is 5.74. The number of aryl methyl sites for hydroxylation is 2. The van der Waals surface area contributed by atoms with Crippen molar-refractivity contribution >= 4 is 34.6 Å². The molecule has 2 N–H and O–H groups in total. The lowest BCUT2D eigenvalue weighted by molar-refractivity contribution is -0.435. The summed E-state index contributed by atoms with van der Waals surface area (Å²) < 4.78 is 0. The van der Waals surface area contributed by atoms with E-state index in [0.29, 0.717) is 27.6 Å². The zero-order valence-corrected chi connectivity index (χ0v) is 14.6. The van der Waals surface area contributed by atoms with Crippen LogP contribution in [0.2, 0.25) is 0 Å². The minimum atomic E-state index is -0.219. The van der Waals surface area contributed by atoms with Gasteiger partial charge in [0.05, 0.1) is 0 Å². The fourth-order valence-electron chi connectivity index (χ4n) is 2.25. The van der Waals surface area contributed by atoms with E-state index in [2.05, 4.69) is 15.7 Å². The number of azo groups is 1. The highest BCUT2D eigenvalue weighted by molar-refractivity contribution is 5.89. The number of rotatable bonds is 4. The molecule has 25 heavy (non-hydrogen) atoms. The first kappa shape index (κ1) is 18.1. The first-order valence-corrected chi connectivity index (χ1v) is 7.71. The van der Waals surface area contributed by atoms with Gasteiger partial charge in [-0.05, 0) is 42.5 Å². The van der Waals surface area contributed by atoms with Crippen molar-refractivity contribution in [1.29, 1.82) is 0 Å². The number of nitrogens with zero attached hydrogens (tertiary/aromatic N) is 2. The van der Waals surface area contributed by atoms with Crippen molar-refractivity contribution in [2.24, 2.45) is 5.11 Å². The maximum atomic E-state index is 12.5. The molecule has 0 aliphatic rings. The smallest absolute Gasteiger partial charge is 0.249 e. The van der Waals surface area contributed by atoms with E-state index in [0.717, 1.165) is 11.1 Å². The van der Waals surface area contributed by atoms with Gasteiger partial charge < -0.3 is 15.8 Å². The fourth-order valence-corrected chi connectivity index (χ4v) is 2.25. The predicted octanol–water partition coefficient (Wildman–Crippen LogP) is 4.15. The zero-order valence-electron chi connectivity index (χ0n) is 14.6. The normalized spacial score (nSPS) is 11.1. The molecule has 0 unspecified atom stereocenters. The highest BCUT2D eigenvalue weighted by atomic mass is 16.5. The molecule has 0 aromatic heterocycles. The van der Waals surface area contributed by atoms with Gasteiger partial charge in [0.25, 0.3) is 0 Å². The minimum absolute atomic E-state index is 0.201. The molecule has 0 atom stereocenters. The van der Waals surface area contributed by atoms with Crippen LogP contribution in [-0.2, 0) is 9.59 Å². The second-order valence-electron chi connectivity index (χ2n) is 5.74. The molecule has 2 aromatic carbocycles. The monoisotopic (exact) mass is 340 g/mol. The molecule has 0 aliphatic carbocycles. The van der Waals surface area contributed by atoms with E-state index >= 15 is 0 Å². The van der Waals surface area contributed by atoms with Gasteiger partial charge in [-0.1, -0.05) is 12.1 Å². The van der Waals surface area contributed by atoms with E-state index in [1.165, 1.54) is 13.8 Å². The summed E-state index contributed by atoms with van der Waals surface area (Å²) >= 11 is 0. The van der Waals surface area contributed by atoms with E-state index in [1.54, 1.807) is 43.3 Å². The molecule has 0 saturated heterocycles. The standard InChI is InChI=1S/C18H20N4O3/c1-11-5-7-15(19-13(3)23)9-17(11)21-22(25)18-10-16(20-14(4)24)8-6-12(18)2/h5-10H,1-4H3,(H,19,23)(H,20,24). The Morgan fingerprint density at radius 3 is 2.00 bits per heavy atom. The van der Waals surface area contributed by atoms with Crippen LogP contribution >= 0.6 is 0 Å². The molecule has 2 aromatic rings. The molecule has 0 bridgehead atoms. The van der Waals surface area contributed by atoms with Crippen LogP contribution in [-0.4, -0.2) is 16.7 Å². The number of benzene rings is 2. The van der Waals surface area contributed by atoms with E-state index in [9.17, 15) is 14.8 Å². The van der Waals surface area contributed by atoms with Crippen LogP contribution in [0.5, 0.6) is 0 Å². The van der Waals surface area contributed by atoms with Gasteiger partial charge in [0.1, 0.15) is 5.69 Å². The Morgan fingerprint density at radius 1 is 0.920 bits per heavy atom. The summed E-state index contributed by atoms with van der Waals surface area (Å²) in [7, 11) is 0. The summed E-state index contributed by atoms with van der Waals surface area (Å²) in [5.74, 6) is -0.421. The summed E-state index contributed by atoms with van der Waals surface area (Å²) in [6.45, 7) is 6.42. The summed E-state index contributed by atoms with van der Waals surface area (Å²) in [5.41, 5.74) is 3.39. The van der Waals surface area contributed by atoms with Crippen molar-refractivity contribution in [3.8, 4) is 0 Å². The number of anilines is 2. The van der Waals surface area contributed by atoms with Crippen molar-refractivity contribution in [2.75, 3.05) is 10.6 Å². The third kappa shape index (κ3) is 4.87. The van der Waals surface area contributed by atoms with Crippen molar-refractivity contribution in [2.45, 2.75) is 27.7 Å². The third-order valence-electron chi connectivity index (χ3n) is 3.46. The number of carbonyl (C=O) groups is 2. The Bertz CT molecular complexity index is 859. The van der Waals surface area contributed by atoms with Crippen LogP contribution in [0.1, 0.15) is 25.0 Å². The maximum Gasteiger partial charge on any atom is 0.249 e. The molecule has 130 valence electrons. The Labute approximate surface area is 146 Å². The lowest BCUT2D eigenvalue weighted by Crippen LogP contribution is -2.06. The van der Waals surface area contributed by atoms with E-state index in [-0.39, 0.29) is 11.8 Å². The number of carbonyl (C=O) groups excluding carboxylic acids is 2. The highest BCUT2D eigenvalue weighted by Gasteiger charge is 2.12. The molecule has 0 heterocycles. The molecular weight excluding hydrogens is 320 g/mol. The Hall–Kier alpha value is -3.22. The second kappa shape index (κ2) is 7.57. The van der Waals surface area contributed by atoms with E-state index < -0.39 is 0 Å². The van der Waals surface area contributed by atoms with Crippen molar-refractivity contribution in [3.63, 3.8) is 0 Å². The summed E-state index contributed by atoms with van der Waals surface area (Å²) in [5, 5.41) is 21.9. The van der Waals surface area contributed by atoms with Crippen LogP contribution in [0, 0.1) is 19.1 Å². The SMILES string of the molecule is CC(=O)Nc1ccc(C)c(N=[N+]([O-])c2cc(NC(C)=O)ccc2C)c1. The first-order chi connectivity index (χ1) is 11.8. The van der Waals surface area contributed by atoms with Crippen LogP contribution in [0.4, 0.5) is 22.7 Å². The Morgan fingerprint density at radius 2 is 1.44 bits per heavy atom. The highest BCUT2D eigenvalue weighted by Crippen LogP contribution is 2.28. The number of nitrogens with one attached hydrogen (secondary N) is 2. The van der Waals surface area contributed by atoms with Gasteiger partial charge in [-0.15, -0.1) is 0 Å². The molecule has 0 fully saturated rings. The quantitative estimate of drug-likeness (QED) is 0.497. The topological polar surface area (TPSA) is 96.6 Å². The van der Waals surface area contributed by atoms with Crippen LogP contribution in [0.15, 0.2) is 41.5 Å². The molecule has 7 nitrogen and oxygen atoms in total. The average Bonchev–Trinajstić information content (AvgIpc) is 2.51. The van der Waals surface area contributed by atoms with Gasteiger partial charge in [0.15, 0.2) is 0 Å². The zero-order chi connectivity index (χ0) is 18.6. The molecule has 7 heteroatoms. The van der Waals surface area contributed by atoms with Gasteiger partial charge in [-0.2, -0.15) is 0 Å². The fraction of sp³-hybridized carbons (Fsp3) is 0.222. The molecule has 0 aliphatic heterocycles. The van der Waals surface area contributed by atoms with E-state index in [4.69, 9.17) is 0 Å². The van der Waals surface area contributed by atoms with Crippen LogP contribution < -0.4 is 10.6 Å². The molecule has 0 saturated carbocycles. The van der Waals surface area contributed by atoms with Gasteiger partial charge in [-0.3, -0.25) is 9.59 Å². The molecule has 0 spiro atoms. The summed E-state index contributed by atoms with van der Waals surface area (Å²) in [6.07, 6.45) is 0. The van der Waals surface area contributed by atoms with E-state index in [1.807, 2.05) is 6.92 Å². The van der Waals surface area contributed by atoms with Crippen molar-refractivity contribution in [1.82, 2.24) is 0 Å². The summed E-state index contributed by atoms with van der Waals surface area (Å²) in [6, 6.07) is 10.2. The first-order valence-electron chi connectivity index (χ1n) is 7.71. The Balaban J connectivity index is 2.41. The van der Waals surface area contributed by atoms with Gasteiger partial charge in [-0.25, -0.2) is 0 Å². The largest absolute Gasteiger partial charge is 0.594 e. The van der Waals surface area contributed by atoms with Gasteiger partial charge in [0.2, 0.25) is 17.5 Å². The van der Waals surface area contributed by atoms with Crippen molar-refractivity contribution < 1.29 is 14.4 Å². The number of hydrogen-bond acceptors (Lipinski definition) is 4. The average molecular weight is 340 g/mol. The lowest BCUT2D eigenvalue weighted by Gasteiger charge is -2.08. The van der Waals surface area contributed by atoms with Crippen LogP contribution in [0.25, 0.3) is 0 Å². The number of hydrogen-bond donors (Lipinski definition) is 2. The molecular formula is C18H20N4O3. The van der Waals surface area contributed by atoms with Crippen molar-refractivity contribution in [3.05, 3.63) is 52.7 Å². The third-order valence-corrected chi connectivity index (χ3v) is 3.46. The molecule has 2 amide bonds. The molecule has 2 rings (SSSR count). The summed E-state index contributed by atoms with van der Waals surface area (Å²) in [4.78, 5) is 22.9. The molecule has 0 radical (unpaired) electrons. The Kier molecular flexibility index (Phi) is 5.49. The van der Waals surface area contributed by atoms with Crippen LogP contribution in [0.3, 0.4) is 0 Å². The number of amides is 2. The van der Waals surface area contributed by atoms with Gasteiger partial charge in [0, 0.05) is 42.0 Å². The lowest BCUT2D eigenvalue weighted by atomic mass is 10.2. The maximum absolute atomic E-state index is 12.5. The minimum Gasteiger partial charge on any atom is -0.594 e. The predicted molar refractivity (Wildman–Crippen MR) is 96.3 cm³/mol.